The molecule has 1 atom stereocenters. The van der Waals surface area contributed by atoms with Gasteiger partial charge in [0.15, 0.2) is 0 Å². The number of hydrogen-bond acceptors (Lipinski definition) is 3. The van der Waals surface area contributed by atoms with Gasteiger partial charge in [0.1, 0.15) is 0 Å². The van der Waals surface area contributed by atoms with Crippen LogP contribution < -0.4 is 10.6 Å². The molecule has 2 amide bonds. The van der Waals surface area contributed by atoms with E-state index in [1.54, 1.807) is 0 Å². The third-order valence-corrected chi connectivity index (χ3v) is 2.65. The van der Waals surface area contributed by atoms with E-state index in [1.807, 2.05) is 27.7 Å². The van der Waals surface area contributed by atoms with Crippen LogP contribution in [0.15, 0.2) is 0 Å². The van der Waals surface area contributed by atoms with Gasteiger partial charge in [-0.3, -0.25) is 9.59 Å². The van der Waals surface area contributed by atoms with Crippen LogP contribution in [-0.4, -0.2) is 36.1 Å². The number of rotatable bonds is 7. The second kappa shape index (κ2) is 8.08. The number of nitrogens with one attached hydrogen (secondary N) is 2. The molecule has 0 fully saturated rings. The van der Waals surface area contributed by atoms with Gasteiger partial charge in [0.25, 0.3) is 0 Å². The highest BCUT2D eigenvalue weighted by Crippen LogP contribution is 2.12. The summed E-state index contributed by atoms with van der Waals surface area (Å²) in [7, 11) is 0. The summed E-state index contributed by atoms with van der Waals surface area (Å²) in [4.78, 5) is 23.1. The van der Waals surface area contributed by atoms with Gasteiger partial charge in [0, 0.05) is 31.0 Å². The third kappa shape index (κ3) is 7.27. The Hall–Kier alpha value is -1.10. The second-order valence-corrected chi connectivity index (χ2v) is 5.44. The molecule has 0 saturated heterocycles. The Morgan fingerprint density at radius 3 is 2.33 bits per heavy atom. The average Bonchev–Trinajstić information content (AvgIpc) is 2.27. The zero-order chi connectivity index (χ0) is 14.2. The summed E-state index contributed by atoms with van der Waals surface area (Å²) < 4.78 is 0. The Morgan fingerprint density at radius 1 is 1.28 bits per heavy atom. The lowest BCUT2D eigenvalue weighted by Crippen LogP contribution is -2.39. The van der Waals surface area contributed by atoms with Crippen molar-refractivity contribution in [1.82, 2.24) is 10.6 Å². The maximum atomic E-state index is 11.6. The van der Waals surface area contributed by atoms with E-state index in [-0.39, 0.29) is 30.9 Å². The molecule has 0 saturated carbocycles. The minimum Gasteiger partial charge on any atom is -0.396 e. The van der Waals surface area contributed by atoms with Crippen molar-refractivity contribution in [3.63, 3.8) is 0 Å². The highest BCUT2D eigenvalue weighted by molar-refractivity contribution is 5.82. The van der Waals surface area contributed by atoms with E-state index in [0.29, 0.717) is 13.0 Å². The van der Waals surface area contributed by atoms with Crippen LogP contribution in [-0.2, 0) is 9.59 Å². The fourth-order valence-corrected chi connectivity index (χ4v) is 1.39. The largest absolute Gasteiger partial charge is 0.396 e. The molecule has 0 spiro atoms. The number of aliphatic hydroxyl groups is 1. The highest BCUT2D eigenvalue weighted by atomic mass is 16.3. The lowest BCUT2D eigenvalue weighted by atomic mass is 9.96. The lowest BCUT2D eigenvalue weighted by molar-refractivity contribution is -0.128. The van der Waals surface area contributed by atoms with Crippen LogP contribution in [0.4, 0.5) is 0 Å². The normalized spacial score (nSPS) is 12.9. The van der Waals surface area contributed by atoms with Crippen LogP contribution in [0.5, 0.6) is 0 Å². The number of carbonyl (C=O) groups excluding carboxylic acids is 2. The van der Waals surface area contributed by atoms with E-state index in [0.717, 1.165) is 6.42 Å². The van der Waals surface area contributed by atoms with E-state index in [2.05, 4.69) is 10.6 Å². The zero-order valence-electron chi connectivity index (χ0n) is 11.9. The standard InChI is InChI=1S/C13H26N2O3/c1-5-10(7-9-16)15-11(17)6-8-14-12(18)13(2,3)4/h10,16H,5-9H2,1-4H3,(H,14,18)(H,15,17). The van der Waals surface area contributed by atoms with E-state index in [4.69, 9.17) is 5.11 Å². The monoisotopic (exact) mass is 258 g/mol. The molecular formula is C13H26N2O3. The van der Waals surface area contributed by atoms with Crippen LogP contribution in [0.1, 0.15) is 47.0 Å². The van der Waals surface area contributed by atoms with Crippen LogP contribution >= 0.6 is 0 Å². The first kappa shape index (κ1) is 16.9. The molecule has 5 heteroatoms. The Balaban J connectivity index is 3.87. The van der Waals surface area contributed by atoms with Gasteiger partial charge in [0.05, 0.1) is 0 Å². The molecule has 18 heavy (non-hydrogen) atoms. The van der Waals surface area contributed by atoms with E-state index < -0.39 is 5.41 Å². The second-order valence-electron chi connectivity index (χ2n) is 5.44. The fraction of sp³-hybridized carbons (Fsp3) is 0.846. The van der Waals surface area contributed by atoms with Crippen molar-refractivity contribution in [3.05, 3.63) is 0 Å². The molecule has 106 valence electrons. The molecule has 0 aromatic carbocycles. The predicted octanol–water partition coefficient (Wildman–Crippen LogP) is 0.816. The summed E-state index contributed by atoms with van der Waals surface area (Å²) in [5.41, 5.74) is -0.431. The molecule has 0 bridgehead atoms. The van der Waals surface area contributed by atoms with Gasteiger partial charge in [0.2, 0.25) is 11.8 Å². The average molecular weight is 258 g/mol. The van der Waals surface area contributed by atoms with Gasteiger partial charge in [-0.1, -0.05) is 27.7 Å². The third-order valence-electron chi connectivity index (χ3n) is 2.65. The number of aliphatic hydroxyl groups excluding tert-OH is 1. The smallest absolute Gasteiger partial charge is 0.225 e. The first-order valence-corrected chi connectivity index (χ1v) is 6.49. The molecular weight excluding hydrogens is 232 g/mol. The Bertz CT molecular complexity index is 272. The summed E-state index contributed by atoms with van der Waals surface area (Å²) in [5.74, 6) is -0.151. The summed E-state index contributed by atoms with van der Waals surface area (Å²) in [6.45, 7) is 7.86. The molecule has 0 aliphatic rings. The Morgan fingerprint density at radius 2 is 1.89 bits per heavy atom. The number of hydrogen-bond donors (Lipinski definition) is 3. The topological polar surface area (TPSA) is 78.4 Å². The van der Waals surface area contributed by atoms with Crippen molar-refractivity contribution >= 4 is 11.8 Å². The number of amides is 2. The fourth-order valence-electron chi connectivity index (χ4n) is 1.39. The molecule has 0 aromatic rings. The van der Waals surface area contributed by atoms with Crippen LogP contribution in [0.3, 0.4) is 0 Å². The Labute approximate surface area is 109 Å². The van der Waals surface area contributed by atoms with E-state index in [1.165, 1.54) is 0 Å². The lowest BCUT2D eigenvalue weighted by Gasteiger charge is -2.18. The first-order chi connectivity index (χ1) is 8.31. The van der Waals surface area contributed by atoms with Gasteiger partial charge in [-0.05, 0) is 12.8 Å². The van der Waals surface area contributed by atoms with Gasteiger partial charge in [-0.2, -0.15) is 0 Å². The molecule has 5 nitrogen and oxygen atoms in total. The molecule has 0 radical (unpaired) electrons. The predicted molar refractivity (Wildman–Crippen MR) is 71.0 cm³/mol. The Kier molecular flexibility index (Phi) is 7.59. The molecule has 0 heterocycles. The minimum atomic E-state index is -0.431. The van der Waals surface area contributed by atoms with Crippen molar-refractivity contribution in [2.24, 2.45) is 5.41 Å². The van der Waals surface area contributed by atoms with Gasteiger partial charge in [-0.25, -0.2) is 0 Å². The van der Waals surface area contributed by atoms with Gasteiger partial charge < -0.3 is 15.7 Å². The molecule has 0 aliphatic heterocycles. The molecule has 0 aromatic heterocycles. The SMILES string of the molecule is CCC(CCO)NC(=O)CCNC(=O)C(C)(C)C. The zero-order valence-corrected chi connectivity index (χ0v) is 11.9. The van der Waals surface area contributed by atoms with Crippen LogP contribution in [0.2, 0.25) is 0 Å². The number of carbonyl (C=O) groups is 2. The van der Waals surface area contributed by atoms with Gasteiger partial charge >= 0.3 is 0 Å². The van der Waals surface area contributed by atoms with Crippen molar-refractivity contribution in [1.29, 1.82) is 0 Å². The molecule has 0 aliphatic carbocycles. The molecule has 0 rings (SSSR count). The van der Waals surface area contributed by atoms with Crippen molar-refractivity contribution in [2.75, 3.05) is 13.2 Å². The van der Waals surface area contributed by atoms with Crippen LogP contribution in [0.25, 0.3) is 0 Å². The minimum absolute atomic E-state index is 0.0146. The van der Waals surface area contributed by atoms with E-state index >= 15 is 0 Å². The maximum absolute atomic E-state index is 11.6. The molecule has 1 unspecified atom stereocenters. The first-order valence-electron chi connectivity index (χ1n) is 6.49. The quantitative estimate of drug-likeness (QED) is 0.632. The van der Waals surface area contributed by atoms with Crippen LogP contribution in [0, 0.1) is 5.41 Å². The summed E-state index contributed by atoms with van der Waals surface area (Å²) in [5, 5.41) is 14.4. The van der Waals surface area contributed by atoms with Crippen molar-refractivity contribution in [2.45, 2.75) is 53.0 Å². The molecule has 3 N–H and O–H groups in total. The van der Waals surface area contributed by atoms with Gasteiger partial charge in [-0.15, -0.1) is 0 Å². The summed E-state index contributed by atoms with van der Waals surface area (Å²) >= 11 is 0. The van der Waals surface area contributed by atoms with E-state index in [9.17, 15) is 9.59 Å². The van der Waals surface area contributed by atoms with Crippen molar-refractivity contribution in [3.8, 4) is 0 Å². The highest BCUT2D eigenvalue weighted by Gasteiger charge is 2.20. The summed E-state index contributed by atoms with van der Waals surface area (Å²) in [6, 6.07) is 0.0146. The maximum Gasteiger partial charge on any atom is 0.225 e. The summed E-state index contributed by atoms with van der Waals surface area (Å²) in [6.07, 6.45) is 1.63. The van der Waals surface area contributed by atoms with Crippen molar-refractivity contribution < 1.29 is 14.7 Å².